The molecule has 0 atom stereocenters. The molecular formula is C35H22N2S. The maximum Gasteiger partial charge on any atom is 0.0888 e. The van der Waals surface area contributed by atoms with Crippen LogP contribution in [-0.4, -0.2) is 9.55 Å². The van der Waals surface area contributed by atoms with Crippen molar-refractivity contribution in [2.45, 2.75) is 0 Å². The van der Waals surface area contributed by atoms with Crippen LogP contribution in [0.2, 0.25) is 0 Å². The first-order valence-corrected chi connectivity index (χ1v) is 13.6. The largest absolute Gasteiger partial charge is 0.309 e. The number of aromatic nitrogens is 2. The summed E-state index contributed by atoms with van der Waals surface area (Å²) in [6.45, 7) is 0. The average molecular weight is 503 g/mol. The smallest absolute Gasteiger partial charge is 0.0888 e. The molecule has 0 unspecified atom stereocenters. The molecule has 0 N–H and O–H groups in total. The average Bonchev–Trinajstić information content (AvgIpc) is 3.53. The van der Waals surface area contributed by atoms with Gasteiger partial charge in [-0.15, -0.1) is 11.3 Å². The lowest BCUT2D eigenvalue weighted by Crippen LogP contribution is -1.93. The topological polar surface area (TPSA) is 17.8 Å². The first-order chi connectivity index (χ1) is 18.8. The van der Waals surface area contributed by atoms with Crippen molar-refractivity contribution in [1.82, 2.24) is 9.55 Å². The number of para-hydroxylation sites is 2. The zero-order chi connectivity index (χ0) is 25.1. The molecule has 0 saturated heterocycles. The second kappa shape index (κ2) is 8.41. The molecule has 2 nitrogen and oxygen atoms in total. The molecule has 0 spiro atoms. The number of pyridine rings is 1. The molecule has 0 saturated carbocycles. The van der Waals surface area contributed by atoms with E-state index in [-0.39, 0.29) is 0 Å². The highest BCUT2D eigenvalue weighted by atomic mass is 32.1. The lowest BCUT2D eigenvalue weighted by Gasteiger charge is -2.10. The van der Waals surface area contributed by atoms with E-state index >= 15 is 0 Å². The summed E-state index contributed by atoms with van der Waals surface area (Å²) >= 11 is 1.82. The summed E-state index contributed by atoms with van der Waals surface area (Å²) in [5.74, 6) is 0. The molecule has 0 aliphatic carbocycles. The minimum Gasteiger partial charge on any atom is -0.309 e. The summed E-state index contributed by atoms with van der Waals surface area (Å²) in [5.41, 5.74) is 9.63. The highest BCUT2D eigenvalue weighted by molar-refractivity contribution is 7.26. The zero-order valence-electron chi connectivity index (χ0n) is 20.5. The Morgan fingerprint density at radius 2 is 1.21 bits per heavy atom. The number of nitrogens with zero attached hydrogens (tertiary/aromatic N) is 2. The van der Waals surface area contributed by atoms with Gasteiger partial charge in [0.2, 0.25) is 0 Å². The van der Waals surface area contributed by atoms with E-state index in [1.807, 2.05) is 23.6 Å². The highest BCUT2D eigenvalue weighted by Gasteiger charge is 2.13. The van der Waals surface area contributed by atoms with Crippen LogP contribution in [0.25, 0.3) is 70.0 Å². The fourth-order valence-corrected chi connectivity index (χ4v) is 6.91. The fourth-order valence-electron chi connectivity index (χ4n) is 5.72. The molecule has 3 aromatic heterocycles. The Bertz CT molecular complexity index is 2080. The summed E-state index contributed by atoms with van der Waals surface area (Å²) in [4.78, 5) is 4.64. The third-order valence-corrected chi connectivity index (χ3v) is 8.66. The van der Waals surface area contributed by atoms with Crippen molar-refractivity contribution >= 4 is 53.4 Å². The molecule has 0 aliphatic rings. The second-order valence-electron chi connectivity index (χ2n) is 9.63. The lowest BCUT2D eigenvalue weighted by atomic mass is 9.98. The molecule has 0 fully saturated rings. The second-order valence-corrected chi connectivity index (χ2v) is 10.7. The van der Waals surface area contributed by atoms with Crippen LogP contribution in [0.3, 0.4) is 0 Å². The molecule has 0 radical (unpaired) electrons. The number of hydrogen-bond donors (Lipinski definition) is 0. The van der Waals surface area contributed by atoms with E-state index in [1.165, 1.54) is 64.5 Å². The quantitative estimate of drug-likeness (QED) is 0.235. The summed E-state index contributed by atoms with van der Waals surface area (Å²) in [6.07, 6.45) is 1.88. The molecule has 38 heavy (non-hydrogen) atoms. The maximum atomic E-state index is 4.64. The number of thiophene rings is 1. The number of fused-ring (bicyclic) bond motifs is 6. The molecule has 8 aromatic rings. The Balaban J connectivity index is 1.22. The van der Waals surface area contributed by atoms with Crippen LogP contribution < -0.4 is 0 Å². The molecular weight excluding hydrogens is 480 g/mol. The van der Waals surface area contributed by atoms with Crippen LogP contribution in [-0.2, 0) is 0 Å². The van der Waals surface area contributed by atoms with Gasteiger partial charge in [-0.05, 0) is 64.7 Å². The van der Waals surface area contributed by atoms with E-state index < -0.39 is 0 Å². The maximum absolute atomic E-state index is 4.64. The minimum absolute atomic E-state index is 1.09. The third-order valence-electron chi connectivity index (χ3n) is 7.47. The lowest BCUT2D eigenvalue weighted by molar-refractivity contribution is 1.18. The Morgan fingerprint density at radius 1 is 0.526 bits per heavy atom. The molecule has 8 rings (SSSR count). The van der Waals surface area contributed by atoms with Crippen molar-refractivity contribution in [3.63, 3.8) is 0 Å². The third kappa shape index (κ3) is 3.22. The van der Waals surface area contributed by atoms with Crippen LogP contribution in [0.5, 0.6) is 0 Å². The SMILES string of the molecule is c1cc(-c2ccc(-n3c4ccccc4c4ccccc43)cc2)cc(-c2cccc3c2sc2cccnc23)c1. The summed E-state index contributed by atoms with van der Waals surface area (Å²) < 4.78 is 4.88. The molecule has 3 heterocycles. The number of benzene rings is 5. The van der Waals surface area contributed by atoms with Gasteiger partial charge in [-0.2, -0.15) is 0 Å². The van der Waals surface area contributed by atoms with Crippen molar-refractivity contribution < 1.29 is 0 Å². The van der Waals surface area contributed by atoms with E-state index in [0.29, 0.717) is 0 Å². The van der Waals surface area contributed by atoms with Gasteiger partial charge < -0.3 is 4.57 Å². The van der Waals surface area contributed by atoms with E-state index in [1.54, 1.807) is 0 Å². The molecule has 178 valence electrons. The van der Waals surface area contributed by atoms with Gasteiger partial charge in [0, 0.05) is 32.7 Å². The van der Waals surface area contributed by atoms with Crippen LogP contribution >= 0.6 is 11.3 Å². The van der Waals surface area contributed by atoms with Crippen molar-refractivity contribution in [2.24, 2.45) is 0 Å². The Labute approximate surface area is 224 Å². The van der Waals surface area contributed by atoms with Gasteiger partial charge in [0.15, 0.2) is 0 Å². The predicted octanol–water partition coefficient (Wildman–Crippen LogP) is 9.88. The standard InChI is InChI=1S/C35H22N2S/c1-3-14-31-28(10-1)29-11-2-4-15-32(29)37(31)26-19-17-23(18-20-26)24-8-5-9-25(22-24)27-12-6-13-30-34-33(38-35(27)30)16-7-21-36-34/h1-22H. The number of hydrogen-bond acceptors (Lipinski definition) is 2. The van der Waals surface area contributed by atoms with Gasteiger partial charge in [0.05, 0.1) is 21.3 Å². The molecule has 5 aromatic carbocycles. The van der Waals surface area contributed by atoms with Gasteiger partial charge >= 0.3 is 0 Å². The normalized spacial score (nSPS) is 11.7. The van der Waals surface area contributed by atoms with Crippen LogP contribution in [0, 0.1) is 0 Å². The molecule has 0 bridgehead atoms. The van der Waals surface area contributed by atoms with Gasteiger partial charge in [-0.3, -0.25) is 4.98 Å². The van der Waals surface area contributed by atoms with Gasteiger partial charge in [0.25, 0.3) is 0 Å². The summed E-state index contributed by atoms with van der Waals surface area (Å²) in [7, 11) is 0. The van der Waals surface area contributed by atoms with Crippen molar-refractivity contribution in [1.29, 1.82) is 0 Å². The summed E-state index contributed by atoms with van der Waals surface area (Å²) in [5, 5.41) is 3.79. The van der Waals surface area contributed by atoms with Gasteiger partial charge in [-0.25, -0.2) is 0 Å². The van der Waals surface area contributed by atoms with E-state index in [2.05, 4.69) is 131 Å². The van der Waals surface area contributed by atoms with Gasteiger partial charge in [0.1, 0.15) is 0 Å². The van der Waals surface area contributed by atoms with Crippen molar-refractivity contribution in [3.8, 4) is 27.9 Å². The monoisotopic (exact) mass is 502 g/mol. The summed E-state index contributed by atoms with van der Waals surface area (Å²) in [6, 6.07) is 45.8. The predicted molar refractivity (Wildman–Crippen MR) is 162 cm³/mol. The van der Waals surface area contributed by atoms with Crippen molar-refractivity contribution in [3.05, 3.63) is 134 Å². The fraction of sp³-hybridized carbons (Fsp3) is 0. The Kier molecular flexibility index (Phi) is 4.73. The first kappa shape index (κ1) is 21.4. The van der Waals surface area contributed by atoms with Crippen molar-refractivity contribution in [2.75, 3.05) is 0 Å². The zero-order valence-corrected chi connectivity index (χ0v) is 21.3. The van der Waals surface area contributed by atoms with Gasteiger partial charge in [-0.1, -0.05) is 84.9 Å². The first-order valence-electron chi connectivity index (χ1n) is 12.8. The molecule has 0 aliphatic heterocycles. The highest BCUT2D eigenvalue weighted by Crippen LogP contribution is 2.40. The van der Waals surface area contributed by atoms with E-state index in [4.69, 9.17) is 0 Å². The Hall–Kier alpha value is -4.73. The number of rotatable bonds is 3. The van der Waals surface area contributed by atoms with E-state index in [9.17, 15) is 0 Å². The van der Waals surface area contributed by atoms with E-state index in [0.717, 1.165) is 5.52 Å². The Morgan fingerprint density at radius 3 is 2.00 bits per heavy atom. The molecule has 3 heteroatoms. The minimum atomic E-state index is 1.09. The van der Waals surface area contributed by atoms with Crippen LogP contribution in [0.1, 0.15) is 0 Å². The molecule has 0 amide bonds. The van der Waals surface area contributed by atoms with Crippen LogP contribution in [0.15, 0.2) is 134 Å². The van der Waals surface area contributed by atoms with Crippen LogP contribution in [0.4, 0.5) is 0 Å².